The highest BCUT2D eigenvalue weighted by Gasteiger charge is 2.28. The number of amides is 1. The predicted octanol–water partition coefficient (Wildman–Crippen LogP) is 4.04. The molecule has 0 aliphatic rings. The number of nitrogen functional groups attached to an aromatic ring is 1. The number of hydrogen-bond acceptors (Lipinski definition) is 4. The second-order valence-corrected chi connectivity index (χ2v) is 7.05. The zero-order valence-corrected chi connectivity index (χ0v) is 16.0. The first kappa shape index (κ1) is 20.6. The predicted molar refractivity (Wildman–Crippen MR) is 106 cm³/mol. The van der Waals surface area contributed by atoms with Crippen LogP contribution < -0.4 is 11.1 Å². The molecule has 29 heavy (non-hydrogen) atoms. The maximum absolute atomic E-state index is 12.3. The molecule has 3 aromatic rings. The number of alkyl halides is 3. The van der Waals surface area contributed by atoms with Crippen LogP contribution in [0.25, 0.3) is 22.2 Å². The first-order valence-corrected chi connectivity index (χ1v) is 9.09. The molecule has 0 spiro atoms. The van der Waals surface area contributed by atoms with Crippen LogP contribution in [0.3, 0.4) is 0 Å². The Labute approximate surface area is 166 Å². The average Bonchev–Trinajstić information content (AvgIpc) is 2.66. The van der Waals surface area contributed by atoms with Gasteiger partial charge in [-0.15, -0.1) is 0 Å². The molecule has 0 saturated carbocycles. The molecule has 3 N–H and O–H groups in total. The molecule has 1 atom stereocenters. The number of nitrogens with zero attached hydrogens (tertiary/aromatic N) is 2. The van der Waals surface area contributed by atoms with Gasteiger partial charge >= 0.3 is 6.18 Å². The zero-order valence-electron chi connectivity index (χ0n) is 16.0. The molecule has 0 aliphatic heterocycles. The third-order valence-corrected chi connectivity index (χ3v) is 4.65. The molecule has 3 rings (SSSR count). The Balaban J connectivity index is 1.86. The van der Waals surface area contributed by atoms with Gasteiger partial charge in [-0.3, -0.25) is 9.78 Å². The maximum atomic E-state index is 12.3. The van der Waals surface area contributed by atoms with E-state index in [1.54, 1.807) is 13.1 Å². The zero-order chi connectivity index (χ0) is 21.2. The standard InChI is InChI=1S/C21H21F3N4O/c1-12-4-3-7-26-18(12)14-5-6-17-15(9-14)10-16(19(25)28-17)8-13(2)20(29)27-11-21(22,23)24/h3-7,9-10,13H,8,11H2,1-2H3,(H2,25,28)(H,27,29). The van der Waals surface area contributed by atoms with E-state index in [2.05, 4.69) is 9.97 Å². The summed E-state index contributed by atoms with van der Waals surface area (Å²) < 4.78 is 36.9. The number of nitrogens with two attached hydrogens (primary N) is 1. The van der Waals surface area contributed by atoms with E-state index >= 15 is 0 Å². The van der Waals surface area contributed by atoms with E-state index in [-0.39, 0.29) is 12.2 Å². The van der Waals surface area contributed by atoms with Crippen molar-refractivity contribution in [1.29, 1.82) is 0 Å². The lowest BCUT2D eigenvalue weighted by Crippen LogP contribution is -2.37. The van der Waals surface area contributed by atoms with Crippen LogP contribution in [-0.2, 0) is 11.2 Å². The number of hydrogen-bond donors (Lipinski definition) is 2. The Morgan fingerprint density at radius 3 is 2.69 bits per heavy atom. The van der Waals surface area contributed by atoms with Gasteiger partial charge in [-0.2, -0.15) is 13.2 Å². The maximum Gasteiger partial charge on any atom is 0.405 e. The fourth-order valence-corrected chi connectivity index (χ4v) is 3.12. The number of carbonyl (C=O) groups excluding carboxylic acids is 1. The van der Waals surface area contributed by atoms with Crippen molar-refractivity contribution in [1.82, 2.24) is 15.3 Å². The SMILES string of the molecule is Cc1cccnc1-c1ccc2nc(N)c(CC(C)C(=O)NCC(F)(F)F)cc2c1. The molecule has 1 amide bonds. The van der Waals surface area contributed by atoms with Crippen molar-refractivity contribution in [2.75, 3.05) is 12.3 Å². The third-order valence-electron chi connectivity index (χ3n) is 4.65. The molecule has 0 fully saturated rings. The molecular formula is C21H21F3N4O. The summed E-state index contributed by atoms with van der Waals surface area (Å²) in [6, 6.07) is 11.4. The van der Waals surface area contributed by atoms with Crippen LogP contribution in [0, 0.1) is 12.8 Å². The van der Waals surface area contributed by atoms with Crippen LogP contribution in [0.2, 0.25) is 0 Å². The quantitative estimate of drug-likeness (QED) is 0.675. The van der Waals surface area contributed by atoms with Crippen LogP contribution in [0.1, 0.15) is 18.1 Å². The summed E-state index contributed by atoms with van der Waals surface area (Å²) in [5.41, 5.74) is 10.1. The second kappa shape index (κ2) is 8.06. The van der Waals surface area contributed by atoms with E-state index in [4.69, 9.17) is 5.73 Å². The summed E-state index contributed by atoms with van der Waals surface area (Å²) in [7, 11) is 0. The van der Waals surface area contributed by atoms with Crippen molar-refractivity contribution < 1.29 is 18.0 Å². The molecule has 0 radical (unpaired) electrons. The fraction of sp³-hybridized carbons (Fsp3) is 0.286. The van der Waals surface area contributed by atoms with Crippen molar-refractivity contribution in [3.8, 4) is 11.3 Å². The molecule has 1 unspecified atom stereocenters. The number of fused-ring (bicyclic) bond motifs is 1. The number of aromatic nitrogens is 2. The Morgan fingerprint density at radius 2 is 2.00 bits per heavy atom. The van der Waals surface area contributed by atoms with Crippen molar-refractivity contribution >= 4 is 22.6 Å². The van der Waals surface area contributed by atoms with Gasteiger partial charge in [-0.1, -0.05) is 19.1 Å². The highest BCUT2D eigenvalue weighted by Crippen LogP contribution is 2.27. The van der Waals surface area contributed by atoms with Gasteiger partial charge in [0.2, 0.25) is 5.91 Å². The summed E-state index contributed by atoms with van der Waals surface area (Å²) in [6.45, 7) is 2.18. The monoisotopic (exact) mass is 402 g/mol. The molecule has 0 aliphatic carbocycles. The largest absolute Gasteiger partial charge is 0.405 e. The van der Waals surface area contributed by atoms with Gasteiger partial charge in [0.15, 0.2) is 0 Å². The Hall–Kier alpha value is -3.16. The number of nitrogens with one attached hydrogen (secondary N) is 1. The number of halogens is 3. The first-order chi connectivity index (χ1) is 13.6. The number of pyridine rings is 2. The number of carbonyl (C=O) groups is 1. The number of anilines is 1. The highest BCUT2D eigenvalue weighted by atomic mass is 19.4. The summed E-state index contributed by atoms with van der Waals surface area (Å²) in [5, 5.41) is 2.72. The molecule has 2 heterocycles. The van der Waals surface area contributed by atoms with Crippen LogP contribution in [0.4, 0.5) is 19.0 Å². The van der Waals surface area contributed by atoms with E-state index in [1.807, 2.05) is 48.6 Å². The van der Waals surface area contributed by atoms with E-state index in [9.17, 15) is 18.0 Å². The minimum atomic E-state index is -4.45. The summed E-state index contributed by atoms with van der Waals surface area (Å²) >= 11 is 0. The van der Waals surface area contributed by atoms with Crippen molar-refractivity contribution in [2.45, 2.75) is 26.4 Å². The minimum Gasteiger partial charge on any atom is -0.383 e. The topological polar surface area (TPSA) is 80.9 Å². The number of aryl methyl sites for hydroxylation is 1. The van der Waals surface area contributed by atoms with Crippen molar-refractivity contribution in [3.05, 3.63) is 53.7 Å². The normalized spacial score (nSPS) is 12.7. The molecule has 152 valence electrons. The van der Waals surface area contributed by atoms with Crippen LogP contribution in [0.15, 0.2) is 42.6 Å². The van der Waals surface area contributed by atoms with Gasteiger partial charge in [0.05, 0.1) is 11.2 Å². The van der Waals surface area contributed by atoms with Gasteiger partial charge in [-0.25, -0.2) is 4.98 Å². The molecule has 0 bridgehead atoms. The van der Waals surface area contributed by atoms with E-state index in [0.29, 0.717) is 11.1 Å². The van der Waals surface area contributed by atoms with Crippen molar-refractivity contribution in [3.63, 3.8) is 0 Å². The van der Waals surface area contributed by atoms with Gasteiger partial charge in [0.1, 0.15) is 12.4 Å². The van der Waals surface area contributed by atoms with Crippen LogP contribution in [0.5, 0.6) is 0 Å². The summed E-state index contributed by atoms with van der Waals surface area (Å²) in [5.74, 6) is -1.10. The molecular weight excluding hydrogens is 381 g/mol. The number of rotatable bonds is 5. The van der Waals surface area contributed by atoms with Gasteiger partial charge in [0, 0.05) is 23.1 Å². The van der Waals surface area contributed by atoms with E-state index in [0.717, 1.165) is 22.2 Å². The molecule has 0 saturated heterocycles. The Morgan fingerprint density at radius 1 is 1.24 bits per heavy atom. The van der Waals surface area contributed by atoms with Gasteiger partial charge in [0.25, 0.3) is 0 Å². The lowest BCUT2D eigenvalue weighted by molar-refractivity contribution is -0.140. The molecule has 8 heteroatoms. The first-order valence-electron chi connectivity index (χ1n) is 9.09. The summed E-state index contributed by atoms with van der Waals surface area (Å²) in [4.78, 5) is 20.8. The van der Waals surface area contributed by atoms with Crippen LogP contribution >= 0.6 is 0 Å². The molecule has 5 nitrogen and oxygen atoms in total. The Bertz CT molecular complexity index is 1050. The Kier molecular flexibility index (Phi) is 5.72. The number of benzene rings is 1. The van der Waals surface area contributed by atoms with E-state index < -0.39 is 24.5 Å². The van der Waals surface area contributed by atoms with Crippen LogP contribution in [-0.4, -0.2) is 28.6 Å². The second-order valence-electron chi connectivity index (χ2n) is 7.05. The van der Waals surface area contributed by atoms with Gasteiger partial charge in [-0.05, 0) is 48.7 Å². The average molecular weight is 402 g/mol. The minimum absolute atomic E-state index is 0.186. The molecule has 1 aromatic carbocycles. The van der Waals surface area contributed by atoms with Gasteiger partial charge < -0.3 is 11.1 Å². The highest BCUT2D eigenvalue weighted by molar-refractivity contribution is 5.86. The fourth-order valence-electron chi connectivity index (χ4n) is 3.12. The molecule has 2 aromatic heterocycles. The smallest absolute Gasteiger partial charge is 0.383 e. The summed E-state index contributed by atoms with van der Waals surface area (Å²) in [6.07, 6.45) is -2.54. The third kappa shape index (κ3) is 5.01. The lowest BCUT2D eigenvalue weighted by atomic mass is 9.98. The van der Waals surface area contributed by atoms with E-state index in [1.165, 1.54) is 0 Å². The lowest BCUT2D eigenvalue weighted by Gasteiger charge is -2.15. The van der Waals surface area contributed by atoms with Crippen molar-refractivity contribution in [2.24, 2.45) is 5.92 Å².